The number of nitrogens with zero attached hydrogens (tertiary/aromatic N) is 3. The minimum Gasteiger partial charge on any atom is -0.332 e. The molecule has 0 radical (unpaired) electrons. The number of hydrogen-bond donors (Lipinski definition) is 0. The molecule has 4 rings (SSSR count). The molecule has 0 spiro atoms. The Hall–Kier alpha value is -3.80. The summed E-state index contributed by atoms with van der Waals surface area (Å²) in [6, 6.07) is 18.1. The van der Waals surface area contributed by atoms with E-state index in [0.29, 0.717) is 28.8 Å². The van der Waals surface area contributed by atoms with Crippen molar-refractivity contribution in [2.24, 2.45) is 0 Å². The third-order valence-electron chi connectivity index (χ3n) is 6.09. The van der Waals surface area contributed by atoms with Crippen LogP contribution in [0.25, 0.3) is 16.6 Å². The molecule has 1 amide bonds. The third kappa shape index (κ3) is 4.16. The van der Waals surface area contributed by atoms with Crippen molar-refractivity contribution >= 4 is 16.8 Å². The summed E-state index contributed by atoms with van der Waals surface area (Å²) in [7, 11) is 1.66. The number of halogens is 1. The molecule has 0 saturated heterocycles. The zero-order valence-electron chi connectivity index (χ0n) is 19.2. The van der Waals surface area contributed by atoms with E-state index in [-0.39, 0.29) is 17.0 Å². The Bertz CT molecular complexity index is 1410. The van der Waals surface area contributed by atoms with Crippen LogP contribution in [0, 0.1) is 19.7 Å². The molecule has 0 aliphatic carbocycles. The van der Waals surface area contributed by atoms with Crippen molar-refractivity contribution in [1.82, 2.24) is 14.5 Å². The molecule has 1 aromatic heterocycles. The molecule has 0 N–H and O–H groups in total. The minimum atomic E-state index is -0.500. The molecule has 0 aliphatic heterocycles. The van der Waals surface area contributed by atoms with Crippen LogP contribution in [0.3, 0.4) is 0 Å². The molecule has 0 fully saturated rings. The van der Waals surface area contributed by atoms with Gasteiger partial charge in [-0.2, -0.15) is 0 Å². The number of aryl methyl sites for hydroxylation is 2. The Morgan fingerprint density at radius 3 is 2.48 bits per heavy atom. The summed E-state index contributed by atoms with van der Waals surface area (Å²) >= 11 is 0. The Balaban J connectivity index is 1.93. The van der Waals surface area contributed by atoms with E-state index >= 15 is 0 Å². The zero-order chi connectivity index (χ0) is 23.7. The summed E-state index contributed by atoms with van der Waals surface area (Å²) in [6.07, 6.45) is 0.521. The predicted molar refractivity (Wildman–Crippen MR) is 128 cm³/mol. The van der Waals surface area contributed by atoms with Gasteiger partial charge in [-0.05, 0) is 73.9 Å². The van der Waals surface area contributed by atoms with Crippen molar-refractivity contribution < 1.29 is 9.18 Å². The molecule has 5 nitrogen and oxygen atoms in total. The van der Waals surface area contributed by atoms with Gasteiger partial charge in [0.05, 0.1) is 22.6 Å². The highest BCUT2D eigenvalue weighted by molar-refractivity contribution is 5.94. The van der Waals surface area contributed by atoms with E-state index < -0.39 is 11.9 Å². The Morgan fingerprint density at radius 2 is 1.79 bits per heavy atom. The number of amides is 1. The van der Waals surface area contributed by atoms with Crippen LogP contribution in [0.4, 0.5) is 4.39 Å². The molecule has 1 unspecified atom stereocenters. The number of para-hydroxylation sites is 1. The fraction of sp³-hybridized carbons (Fsp3) is 0.222. The normalized spacial score (nSPS) is 12.0. The van der Waals surface area contributed by atoms with Crippen molar-refractivity contribution in [3.63, 3.8) is 0 Å². The molecule has 0 bridgehead atoms. The molecule has 1 heterocycles. The SMILES string of the molecule is CCC(c1nc2ccccc2c(=O)n1-c1ccc(C)c(C)c1)N(C)C(=O)c1cccc(F)c1. The van der Waals surface area contributed by atoms with Gasteiger partial charge in [0.1, 0.15) is 11.6 Å². The maximum Gasteiger partial charge on any atom is 0.266 e. The molecule has 3 aromatic carbocycles. The second kappa shape index (κ2) is 8.98. The standard InChI is InChI=1S/C27H26FN3O2/c1-5-24(30(4)26(32)19-9-8-10-20(28)16-19)25-29-23-12-7-6-11-22(23)27(33)31(25)21-14-13-17(2)18(3)15-21/h6-16,24H,5H2,1-4H3. The number of aromatic nitrogens is 2. The minimum absolute atomic E-state index is 0.191. The highest BCUT2D eigenvalue weighted by atomic mass is 19.1. The highest BCUT2D eigenvalue weighted by Gasteiger charge is 2.27. The lowest BCUT2D eigenvalue weighted by molar-refractivity contribution is 0.0716. The van der Waals surface area contributed by atoms with Gasteiger partial charge in [0, 0.05) is 12.6 Å². The van der Waals surface area contributed by atoms with E-state index in [0.717, 1.165) is 11.1 Å². The van der Waals surface area contributed by atoms with E-state index in [9.17, 15) is 14.0 Å². The van der Waals surface area contributed by atoms with Gasteiger partial charge in [0.2, 0.25) is 0 Å². The number of rotatable bonds is 5. The van der Waals surface area contributed by atoms with Crippen LogP contribution in [0.15, 0.2) is 71.5 Å². The van der Waals surface area contributed by atoms with Gasteiger partial charge in [-0.3, -0.25) is 14.2 Å². The van der Waals surface area contributed by atoms with Crippen molar-refractivity contribution in [3.8, 4) is 5.69 Å². The van der Waals surface area contributed by atoms with Crippen molar-refractivity contribution in [3.05, 3.63) is 105 Å². The first-order valence-corrected chi connectivity index (χ1v) is 10.9. The van der Waals surface area contributed by atoms with Crippen LogP contribution in [-0.4, -0.2) is 27.4 Å². The number of carbonyl (C=O) groups is 1. The first kappa shape index (κ1) is 22.4. The first-order valence-electron chi connectivity index (χ1n) is 10.9. The molecule has 0 saturated carbocycles. The summed E-state index contributed by atoms with van der Waals surface area (Å²) in [6.45, 7) is 5.95. The van der Waals surface area contributed by atoms with Gasteiger partial charge < -0.3 is 4.90 Å². The quantitative estimate of drug-likeness (QED) is 0.417. The molecular weight excluding hydrogens is 417 g/mol. The van der Waals surface area contributed by atoms with Gasteiger partial charge in [-0.1, -0.05) is 31.2 Å². The highest BCUT2D eigenvalue weighted by Crippen LogP contribution is 2.27. The first-order chi connectivity index (χ1) is 15.8. The monoisotopic (exact) mass is 443 g/mol. The van der Waals surface area contributed by atoms with E-state index in [4.69, 9.17) is 4.98 Å². The molecule has 168 valence electrons. The molecular formula is C27H26FN3O2. The van der Waals surface area contributed by atoms with Gasteiger partial charge in [0.15, 0.2) is 0 Å². The Kier molecular flexibility index (Phi) is 6.09. The number of carbonyl (C=O) groups excluding carboxylic acids is 1. The third-order valence-corrected chi connectivity index (χ3v) is 6.09. The average Bonchev–Trinajstić information content (AvgIpc) is 2.81. The largest absolute Gasteiger partial charge is 0.332 e. The summed E-state index contributed by atoms with van der Waals surface area (Å²) in [5.74, 6) is -0.342. The van der Waals surface area contributed by atoms with Crippen molar-refractivity contribution in [2.45, 2.75) is 33.2 Å². The second-order valence-electron chi connectivity index (χ2n) is 8.25. The lowest BCUT2D eigenvalue weighted by Gasteiger charge is -2.29. The van der Waals surface area contributed by atoms with Gasteiger partial charge in [-0.15, -0.1) is 0 Å². The van der Waals surface area contributed by atoms with Crippen LogP contribution in [-0.2, 0) is 0 Å². The summed E-state index contributed by atoms with van der Waals surface area (Å²) in [4.78, 5) is 33.2. The fourth-order valence-electron chi connectivity index (χ4n) is 4.08. The second-order valence-corrected chi connectivity index (χ2v) is 8.25. The van der Waals surface area contributed by atoms with Gasteiger partial charge in [0.25, 0.3) is 11.5 Å². The lowest BCUT2D eigenvalue weighted by atomic mass is 10.1. The van der Waals surface area contributed by atoms with E-state index in [1.54, 1.807) is 29.8 Å². The Morgan fingerprint density at radius 1 is 1.03 bits per heavy atom. The number of fused-ring (bicyclic) bond motifs is 1. The molecule has 0 aliphatic rings. The van der Waals surface area contributed by atoms with Crippen LogP contribution in [0.1, 0.15) is 46.7 Å². The van der Waals surface area contributed by atoms with Crippen molar-refractivity contribution in [1.29, 1.82) is 0 Å². The van der Waals surface area contributed by atoms with Crippen LogP contribution in [0.5, 0.6) is 0 Å². The lowest BCUT2D eigenvalue weighted by Crippen LogP contribution is -2.36. The maximum absolute atomic E-state index is 13.8. The smallest absolute Gasteiger partial charge is 0.266 e. The van der Waals surface area contributed by atoms with E-state index in [1.807, 2.05) is 51.1 Å². The number of benzene rings is 3. The van der Waals surface area contributed by atoms with Gasteiger partial charge >= 0.3 is 0 Å². The fourth-order valence-corrected chi connectivity index (χ4v) is 4.08. The van der Waals surface area contributed by atoms with Crippen LogP contribution in [0.2, 0.25) is 0 Å². The predicted octanol–water partition coefficient (Wildman–Crippen LogP) is 5.36. The van der Waals surface area contributed by atoms with E-state index in [2.05, 4.69) is 0 Å². The van der Waals surface area contributed by atoms with Crippen LogP contribution < -0.4 is 5.56 Å². The average molecular weight is 444 g/mol. The zero-order valence-corrected chi connectivity index (χ0v) is 19.2. The molecule has 6 heteroatoms. The van der Waals surface area contributed by atoms with E-state index in [1.165, 1.54) is 23.1 Å². The maximum atomic E-state index is 13.8. The molecule has 4 aromatic rings. The summed E-state index contributed by atoms with van der Waals surface area (Å²) in [5.41, 5.74) is 3.49. The summed E-state index contributed by atoms with van der Waals surface area (Å²) < 4.78 is 15.3. The van der Waals surface area contributed by atoms with Gasteiger partial charge in [-0.25, -0.2) is 9.37 Å². The molecule has 33 heavy (non-hydrogen) atoms. The topological polar surface area (TPSA) is 55.2 Å². The van der Waals surface area contributed by atoms with Crippen molar-refractivity contribution in [2.75, 3.05) is 7.05 Å². The number of hydrogen-bond acceptors (Lipinski definition) is 3. The molecule has 1 atom stereocenters. The summed E-state index contributed by atoms with van der Waals surface area (Å²) in [5, 5.41) is 0.508. The Labute approximate surface area is 192 Å². The van der Waals surface area contributed by atoms with Crippen LogP contribution >= 0.6 is 0 Å².